The second-order valence-electron chi connectivity index (χ2n) is 15.0. The smallest absolute Gasteiger partial charge is 0.161 e. The number of benzene rings is 4. The van der Waals surface area contributed by atoms with Gasteiger partial charge in [-0.3, -0.25) is 4.79 Å². The van der Waals surface area contributed by atoms with Crippen LogP contribution in [0.15, 0.2) is 90.7 Å². The van der Waals surface area contributed by atoms with Crippen LogP contribution in [0, 0.1) is 23.9 Å². The molecule has 9 heteroatoms. The number of carbonyl (C=O) groups excluding carboxylic acids is 1. The Morgan fingerprint density at radius 1 is 1.02 bits per heavy atom. The Morgan fingerprint density at radius 2 is 1.89 bits per heavy atom. The molecule has 7 rings (SSSR count). The highest BCUT2D eigenvalue weighted by atomic mass is 16.5. The molecule has 0 aromatic heterocycles. The molecule has 4 atom stereocenters. The molecule has 5 N–H and O–H groups in total. The average Bonchev–Trinajstić information content (AvgIpc) is 3.19. The number of carbonyl (C=O) groups is 1. The minimum atomic E-state index is -0.517. The molecule has 0 radical (unpaired) electrons. The number of aliphatic hydroxyl groups excluding tert-OH is 3. The maximum atomic E-state index is 13.6. The summed E-state index contributed by atoms with van der Waals surface area (Å²) in [5.41, 5.74) is 5.26. The van der Waals surface area contributed by atoms with Crippen LogP contribution in [0.25, 0.3) is 10.8 Å². The fourth-order valence-corrected chi connectivity index (χ4v) is 7.62. The molecule has 0 amide bonds. The number of hydrogen-bond donors (Lipinski definition) is 5. The van der Waals surface area contributed by atoms with Gasteiger partial charge >= 0.3 is 0 Å². The van der Waals surface area contributed by atoms with Gasteiger partial charge in [-0.05, 0) is 139 Å². The highest BCUT2D eigenvalue weighted by molar-refractivity contribution is 5.89. The molecule has 4 aromatic rings. The van der Waals surface area contributed by atoms with Crippen molar-refractivity contribution < 1.29 is 39.4 Å². The van der Waals surface area contributed by atoms with Gasteiger partial charge in [0, 0.05) is 37.1 Å². The number of hydrogen-bond acceptors (Lipinski definition) is 9. The molecule has 294 valence electrons. The van der Waals surface area contributed by atoms with Gasteiger partial charge in [-0.25, -0.2) is 0 Å². The van der Waals surface area contributed by atoms with Gasteiger partial charge in [0.25, 0.3) is 0 Å². The second-order valence-corrected chi connectivity index (χ2v) is 15.0. The lowest BCUT2D eigenvalue weighted by atomic mass is 9.80. The largest absolute Gasteiger partial charge is 0.508 e. The van der Waals surface area contributed by atoms with E-state index >= 15 is 0 Å². The lowest BCUT2D eigenvalue weighted by molar-refractivity contribution is -0.121. The van der Waals surface area contributed by atoms with Gasteiger partial charge < -0.3 is 40.0 Å². The summed E-state index contributed by atoms with van der Waals surface area (Å²) in [4.78, 5) is 13.6. The predicted octanol–water partition coefficient (Wildman–Crippen LogP) is 8.26. The number of allylic oxidation sites excluding steroid dienone is 3. The zero-order chi connectivity index (χ0) is 39.4. The quantitative estimate of drug-likeness (QED) is 0.0714. The number of fused-ring (bicyclic) bond motifs is 9. The lowest BCUT2D eigenvalue weighted by Gasteiger charge is -2.28. The number of aliphatic hydroxyl groups is 3. The number of rotatable bonds is 12. The fourth-order valence-electron chi connectivity index (χ4n) is 7.62. The first-order valence-corrected chi connectivity index (χ1v) is 19.6. The number of methoxy groups -OCH3 is 1. The monoisotopic (exact) mass is 759 g/mol. The molecule has 3 aliphatic rings. The number of aryl methyl sites for hydroxylation is 2. The van der Waals surface area contributed by atoms with Gasteiger partial charge in [-0.2, -0.15) is 0 Å². The molecular weight excluding hydrogens is 707 g/mol. The van der Waals surface area contributed by atoms with Crippen LogP contribution >= 0.6 is 0 Å². The SMILES string of the molecule is COc1ccc2cc1OCc1cc3ccc(O)c(c3cc1CO)CC#CO[C@@H](C[C@@H]1C=C(O)C=C[C@H]1CCCCc1cccc(NC[C@H](C)O)c1)CC(=O)CC2. The van der Waals surface area contributed by atoms with E-state index in [0.29, 0.717) is 48.4 Å². The van der Waals surface area contributed by atoms with Crippen molar-refractivity contribution in [3.05, 3.63) is 119 Å². The predicted molar refractivity (Wildman–Crippen MR) is 219 cm³/mol. The van der Waals surface area contributed by atoms with Crippen LogP contribution in [0.2, 0.25) is 0 Å². The van der Waals surface area contributed by atoms with Gasteiger partial charge in [-0.15, -0.1) is 0 Å². The first-order valence-electron chi connectivity index (χ1n) is 19.6. The van der Waals surface area contributed by atoms with E-state index in [4.69, 9.17) is 14.2 Å². The summed E-state index contributed by atoms with van der Waals surface area (Å²) in [5, 5.41) is 46.3. The van der Waals surface area contributed by atoms with Crippen molar-refractivity contribution in [3.63, 3.8) is 0 Å². The summed E-state index contributed by atoms with van der Waals surface area (Å²) >= 11 is 0. The summed E-state index contributed by atoms with van der Waals surface area (Å²) < 4.78 is 18.0. The van der Waals surface area contributed by atoms with Crippen LogP contribution in [0.4, 0.5) is 5.69 Å². The minimum absolute atomic E-state index is 0.0434. The molecule has 0 saturated carbocycles. The molecule has 4 aromatic carbocycles. The van der Waals surface area contributed by atoms with Crippen LogP contribution in [-0.2, 0) is 42.0 Å². The normalized spacial score (nSPS) is 19.1. The molecule has 0 unspecified atom stereocenters. The maximum Gasteiger partial charge on any atom is 0.161 e. The molecule has 2 aliphatic heterocycles. The summed E-state index contributed by atoms with van der Waals surface area (Å²) in [5.74, 6) is 4.64. The van der Waals surface area contributed by atoms with Crippen molar-refractivity contribution >= 4 is 22.2 Å². The zero-order valence-corrected chi connectivity index (χ0v) is 32.3. The van der Waals surface area contributed by atoms with E-state index in [1.165, 1.54) is 5.56 Å². The van der Waals surface area contributed by atoms with Crippen LogP contribution in [0.5, 0.6) is 17.2 Å². The number of ketones is 1. The molecule has 6 bridgehead atoms. The third-order valence-electron chi connectivity index (χ3n) is 10.7. The van der Waals surface area contributed by atoms with Crippen LogP contribution in [-0.4, -0.2) is 52.1 Å². The number of ether oxygens (including phenoxy) is 3. The standard InChI is InChI=1S/C47H53NO8/c1-31(50)28-48-39-10-5-8-32(21-39)7-3-4-9-34-14-17-40(51)24-36(34)25-42-27-41(52)16-12-33-13-19-46(54-2)47(22-33)56-30-38-23-35-15-18-45(53)43(11-6-20-55-42)44(35)26-37(38)29-49/h5,8,10,13-15,17-19,21-24,26,31,34,36,42,48-51,53H,3-4,7,9,11-12,16,25,27-30H2,1-2H3/t31-,34+,36-,42-/m0/s1. The van der Waals surface area contributed by atoms with Crippen molar-refractivity contribution in [1.82, 2.24) is 0 Å². The van der Waals surface area contributed by atoms with Crippen molar-refractivity contribution in [2.45, 2.75) is 90.1 Å². The molecule has 56 heavy (non-hydrogen) atoms. The Balaban J connectivity index is 1.20. The van der Waals surface area contributed by atoms with Gasteiger partial charge in [-0.1, -0.05) is 42.7 Å². The topological polar surface area (TPSA) is 138 Å². The van der Waals surface area contributed by atoms with Gasteiger partial charge in [0.05, 0.1) is 19.8 Å². The summed E-state index contributed by atoms with van der Waals surface area (Å²) in [6.45, 7) is 2.24. The highest BCUT2D eigenvalue weighted by Gasteiger charge is 2.27. The minimum Gasteiger partial charge on any atom is -0.508 e. The molecule has 0 spiro atoms. The number of aromatic hydroxyl groups is 1. The summed E-state index contributed by atoms with van der Waals surface area (Å²) in [6, 6.07) is 21.3. The Bertz CT molecular complexity index is 2110. The van der Waals surface area contributed by atoms with E-state index in [1.807, 2.05) is 54.6 Å². The van der Waals surface area contributed by atoms with E-state index in [9.17, 15) is 25.2 Å². The maximum absolute atomic E-state index is 13.6. The van der Waals surface area contributed by atoms with E-state index in [2.05, 4.69) is 35.6 Å². The number of nitrogens with one attached hydrogen (secondary N) is 1. The van der Waals surface area contributed by atoms with Crippen molar-refractivity contribution in [2.24, 2.45) is 11.8 Å². The lowest BCUT2D eigenvalue weighted by Crippen LogP contribution is -2.24. The molecular formula is C47H53NO8. The summed E-state index contributed by atoms with van der Waals surface area (Å²) in [7, 11) is 1.58. The molecule has 0 saturated heterocycles. The molecule has 1 aliphatic carbocycles. The number of phenolic OH excluding ortho intramolecular Hbond substituents is 1. The van der Waals surface area contributed by atoms with E-state index in [0.717, 1.165) is 53.3 Å². The number of phenols is 1. The number of Topliss-reactive ketones (excluding diaryl/α,β-unsaturated/α-hetero) is 1. The van der Waals surface area contributed by atoms with Gasteiger partial charge in [0.2, 0.25) is 0 Å². The highest BCUT2D eigenvalue weighted by Crippen LogP contribution is 2.35. The number of unbranched alkanes of at least 4 members (excludes halogenated alkanes) is 1. The Morgan fingerprint density at radius 3 is 2.71 bits per heavy atom. The van der Waals surface area contributed by atoms with Crippen LogP contribution in [0.1, 0.15) is 73.3 Å². The van der Waals surface area contributed by atoms with Gasteiger partial charge in [0.1, 0.15) is 36.1 Å². The van der Waals surface area contributed by atoms with Crippen molar-refractivity contribution in [1.29, 1.82) is 0 Å². The van der Waals surface area contributed by atoms with E-state index in [-0.39, 0.29) is 55.2 Å². The Kier molecular flexibility index (Phi) is 14.0. The number of anilines is 1. The zero-order valence-electron chi connectivity index (χ0n) is 32.3. The third-order valence-corrected chi connectivity index (χ3v) is 10.7. The van der Waals surface area contributed by atoms with Crippen LogP contribution < -0.4 is 14.8 Å². The average molecular weight is 760 g/mol. The fraction of sp³-hybridized carbons (Fsp3) is 0.383. The van der Waals surface area contributed by atoms with Crippen molar-refractivity contribution in [2.75, 3.05) is 19.0 Å². The first kappa shape index (κ1) is 40.2. The van der Waals surface area contributed by atoms with E-state index < -0.39 is 12.2 Å². The molecule has 0 fully saturated rings. The van der Waals surface area contributed by atoms with Crippen LogP contribution in [0.3, 0.4) is 0 Å². The first-order chi connectivity index (χ1) is 27.2. The Labute approximate surface area is 329 Å². The molecule has 2 heterocycles. The Hall–Kier alpha value is -5.43. The van der Waals surface area contributed by atoms with E-state index in [1.54, 1.807) is 26.2 Å². The summed E-state index contributed by atoms with van der Waals surface area (Å²) in [6.07, 6.45) is 13.1. The van der Waals surface area contributed by atoms with Crippen molar-refractivity contribution in [3.8, 4) is 29.3 Å². The second kappa shape index (κ2) is 19.4. The molecule has 9 nitrogen and oxygen atoms in total. The van der Waals surface area contributed by atoms with Gasteiger partial charge in [0.15, 0.2) is 11.5 Å². The third kappa shape index (κ3) is 10.9.